The van der Waals surface area contributed by atoms with Crippen LogP contribution in [0.2, 0.25) is 0 Å². The van der Waals surface area contributed by atoms with Crippen LogP contribution in [0, 0.1) is 6.92 Å². The molecule has 1 N–H and O–H groups in total. The Morgan fingerprint density at radius 2 is 1.94 bits per heavy atom. The number of nitrogens with one attached hydrogen (secondary N) is 1. The van der Waals surface area contributed by atoms with Gasteiger partial charge in [0, 0.05) is 22.8 Å². The highest BCUT2D eigenvalue weighted by molar-refractivity contribution is 7.11. The topological polar surface area (TPSA) is 12.0 Å². The molecule has 2 heteroatoms. The van der Waals surface area contributed by atoms with Gasteiger partial charge < -0.3 is 5.32 Å². The second-order valence-corrected chi connectivity index (χ2v) is 6.44. The average Bonchev–Trinajstić information content (AvgIpc) is 2.97. The molecule has 1 aliphatic rings. The third-order valence-electron chi connectivity index (χ3n) is 3.59. The van der Waals surface area contributed by atoms with Crippen LogP contribution in [0.4, 0.5) is 0 Å². The van der Waals surface area contributed by atoms with Gasteiger partial charge in [0.2, 0.25) is 0 Å². The molecule has 0 atom stereocenters. The third-order valence-corrected chi connectivity index (χ3v) is 4.59. The molecule has 94 valence electrons. The minimum Gasteiger partial charge on any atom is -0.308 e. The van der Waals surface area contributed by atoms with Gasteiger partial charge in [-0.15, -0.1) is 11.3 Å². The molecule has 1 aromatic heterocycles. The molecule has 0 fully saturated rings. The van der Waals surface area contributed by atoms with E-state index in [1.807, 2.05) is 11.3 Å². The lowest BCUT2D eigenvalue weighted by atomic mass is 10.1. The SMILES string of the molecule is Cc1ccc(CNCc2ccc3c(c2)CCC3)s1. The van der Waals surface area contributed by atoms with Gasteiger partial charge in [-0.05, 0) is 55.0 Å². The molecule has 0 saturated carbocycles. The van der Waals surface area contributed by atoms with E-state index in [-0.39, 0.29) is 0 Å². The van der Waals surface area contributed by atoms with Crippen LogP contribution in [0.15, 0.2) is 30.3 Å². The standard InChI is InChI=1S/C16H19NS/c1-12-5-8-16(18-12)11-17-10-13-6-7-14-3-2-4-15(14)9-13/h5-9,17H,2-4,10-11H2,1H3. The van der Waals surface area contributed by atoms with Crippen molar-refractivity contribution in [3.05, 3.63) is 56.8 Å². The van der Waals surface area contributed by atoms with E-state index in [4.69, 9.17) is 0 Å². The average molecular weight is 257 g/mol. The Balaban J connectivity index is 1.57. The first-order valence-corrected chi connectivity index (χ1v) is 7.49. The van der Waals surface area contributed by atoms with E-state index in [1.54, 1.807) is 11.1 Å². The Morgan fingerprint density at radius 1 is 1.06 bits per heavy atom. The molecule has 1 heterocycles. The summed E-state index contributed by atoms with van der Waals surface area (Å²) in [6.07, 6.45) is 3.88. The molecule has 0 saturated heterocycles. The van der Waals surface area contributed by atoms with Crippen LogP contribution < -0.4 is 5.32 Å². The largest absolute Gasteiger partial charge is 0.308 e. The Morgan fingerprint density at radius 3 is 2.78 bits per heavy atom. The Kier molecular flexibility index (Phi) is 3.48. The summed E-state index contributed by atoms with van der Waals surface area (Å²) in [7, 11) is 0. The van der Waals surface area contributed by atoms with Crippen molar-refractivity contribution in [1.29, 1.82) is 0 Å². The number of benzene rings is 1. The van der Waals surface area contributed by atoms with E-state index < -0.39 is 0 Å². The fourth-order valence-electron chi connectivity index (χ4n) is 2.65. The van der Waals surface area contributed by atoms with E-state index in [1.165, 1.54) is 34.6 Å². The molecule has 0 unspecified atom stereocenters. The maximum absolute atomic E-state index is 3.53. The number of thiophene rings is 1. The molecular weight excluding hydrogens is 238 g/mol. The molecule has 3 rings (SSSR count). The molecule has 0 amide bonds. The highest BCUT2D eigenvalue weighted by Gasteiger charge is 2.10. The second kappa shape index (κ2) is 5.25. The van der Waals surface area contributed by atoms with Gasteiger partial charge in [-0.1, -0.05) is 18.2 Å². The predicted molar refractivity (Wildman–Crippen MR) is 78.1 cm³/mol. The van der Waals surface area contributed by atoms with E-state index in [9.17, 15) is 0 Å². The smallest absolute Gasteiger partial charge is 0.0303 e. The van der Waals surface area contributed by atoms with Crippen molar-refractivity contribution in [2.24, 2.45) is 0 Å². The maximum Gasteiger partial charge on any atom is 0.0303 e. The van der Waals surface area contributed by atoms with E-state index in [0.717, 1.165) is 13.1 Å². The van der Waals surface area contributed by atoms with Crippen molar-refractivity contribution in [3.8, 4) is 0 Å². The Bertz CT molecular complexity index is 542. The highest BCUT2D eigenvalue weighted by Crippen LogP contribution is 2.22. The van der Waals surface area contributed by atoms with Gasteiger partial charge in [-0.25, -0.2) is 0 Å². The first kappa shape index (κ1) is 11.9. The number of fused-ring (bicyclic) bond motifs is 1. The van der Waals surface area contributed by atoms with Crippen molar-refractivity contribution in [1.82, 2.24) is 5.32 Å². The van der Waals surface area contributed by atoms with Crippen LogP contribution in [0.3, 0.4) is 0 Å². The zero-order valence-electron chi connectivity index (χ0n) is 10.8. The fraction of sp³-hybridized carbons (Fsp3) is 0.375. The monoisotopic (exact) mass is 257 g/mol. The molecule has 0 radical (unpaired) electrons. The molecule has 0 aliphatic heterocycles. The van der Waals surface area contributed by atoms with Crippen LogP contribution in [0.5, 0.6) is 0 Å². The second-order valence-electron chi connectivity index (χ2n) is 5.07. The van der Waals surface area contributed by atoms with Crippen molar-refractivity contribution in [2.45, 2.75) is 39.3 Å². The lowest BCUT2D eigenvalue weighted by molar-refractivity contribution is 0.700. The lowest BCUT2D eigenvalue weighted by Crippen LogP contribution is -2.11. The summed E-state index contributed by atoms with van der Waals surface area (Å²) in [6, 6.07) is 11.4. The van der Waals surface area contributed by atoms with E-state index >= 15 is 0 Å². The van der Waals surface area contributed by atoms with Crippen molar-refractivity contribution in [3.63, 3.8) is 0 Å². The van der Waals surface area contributed by atoms with Crippen LogP contribution in [0.25, 0.3) is 0 Å². The van der Waals surface area contributed by atoms with Crippen molar-refractivity contribution >= 4 is 11.3 Å². The summed E-state index contributed by atoms with van der Waals surface area (Å²) < 4.78 is 0. The van der Waals surface area contributed by atoms with E-state index in [2.05, 4.69) is 42.6 Å². The van der Waals surface area contributed by atoms with Crippen LogP contribution in [-0.4, -0.2) is 0 Å². The lowest BCUT2D eigenvalue weighted by Gasteiger charge is -2.06. The molecule has 0 spiro atoms. The summed E-state index contributed by atoms with van der Waals surface area (Å²) in [4.78, 5) is 2.82. The number of aryl methyl sites for hydroxylation is 3. The van der Waals surface area contributed by atoms with Crippen molar-refractivity contribution in [2.75, 3.05) is 0 Å². The van der Waals surface area contributed by atoms with Gasteiger partial charge in [0.05, 0.1) is 0 Å². The highest BCUT2D eigenvalue weighted by atomic mass is 32.1. The molecule has 0 bridgehead atoms. The van der Waals surface area contributed by atoms with Gasteiger partial charge in [0.15, 0.2) is 0 Å². The quantitative estimate of drug-likeness (QED) is 0.877. The van der Waals surface area contributed by atoms with Crippen LogP contribution >= 0.6 is 11.3 Å². The molecule has 1 nitrogen and oxygen atoms in total. The van der Waals surface area contributed by atoms with E-state index in [0.29, 0.717) is 0 Å². The Hall–Kier alpha value is -1.12. The molecule has 1 aliphatic carbocycles. The minimum atomic E-state index is 0.976. The first-order valence-electron chi connectivity index (χ1n) is 6.68. The summed E-state index contributed by atoms with van der Waals surface area (Å²) in [5.41, 5.74) is 4.55. The fourth-order valence-corrected chi connectivity index (χ4v) is 3.51. The molecule has 18 heavy (non-hydrogen) atoms. The van der Waals surface area contributed by atoms with Crippen LogP contribution in [0.1, 0.15) is 32.9 Å². The maximum atomic E-state index is 3.53. The van der Waals surface area contributed by atoms with Gasteiger partial charge in [-0.2, -0.15) is 0 Å². The molecule has 1 aromatic carbocycles. The van der Waals surface area contributed by atoms with Gasteiger partial charge >= 0.3 is 0 Å². The zero-order valence-corrected chi connectivity index (χ0v) is 11.6. The number of hydrogen-bond donors (Lipinski definition) is 1. The summed E-state index contributed by atoms with van der Waals surface area (Å²) in [6.45, 7) is 4.12. The number of hydrogen-bond acceptors (Lipinski definition) is 2. The third kappa shape index (κ3) is 2.65. The summed E-state index contributed by atoms with van der Waals surface area (Å²) >= 11 is 1.88. The predicted octanol–water partition coefficient (Wildman–Crippen LogP) is 3.84. The number of rotatable bonds is 4. The normalized spacial score (nSPS) is 13.8. The first-order chi connectivity index (χ1) is 8.81. The van der Waals surface area contributed by atoms with Gasteiger partial charge in [0.1, 0.15) is 0 Å². The van der Waals surface area contributed by atoms with Gasteiger partial charge in [-0.3, -0.25) is 0 Å². The molecule has 2 aromatic rings. The summed E-state index contributed by atoms with van der Waals surface area (Å²) in [5, 5.41) is 3.53. The van der Waals surface area contributed by atoms with Gasteiger partial charge in [0.25, 0.3) is 0 Å². The summed E-state index contributed by atoms with van der Waals surface area (Å²) in [5.74, 6) is 0. The minimum absolute atomic E-state index is 0.976. The zero-order chi connectivity index (χ0) is 12.4. The molecular formula is C16H19NS. The van der Waals surface area contributed by atoms with Crippen LogP contribution in [-0.2, 0) is 25.9 Å². The Labute approximate surface area is 113 Å². The van der Waals surface area contributed by atoms with Crippen molar-refractivity contribution < 1.29 is 0 Å².